The summed E-state index contributed by atoms with van der Waals surface area (Å²) in [4.78, 5) is 14.3. The molecule has 2 aromatic rings. The molecule has 2 aromatic carbocycles. The lowest BCUT2D eigenvalue weighted by atomic mass is 9.98. The molecular weight excluding hydrogens is 338 g/mol. The van der Waals surface area contributed by atoms with Crippen LogP contribution in [0.3, 0.4) is 0 Å². The van der Waals surface area contributed by atoms with E-state index >= 15 is 0 Å². The third-order valence-corrected chi connectivity index (χ3v) is 4.56. The number of nitrogens with zero attached hydrogens (tertiary/aromatic N) is 2. The summed E-state index contributed by atoms with van der Waals surface area (Å²) in [6.45, 7) is 1.07. The van der Waals surface area contributed by atoms with Crippen molar-refractivity contribution in [2.24, 2.45) is 5.92 Å². The average molecular weight is 356 g/mol. The Morgan fingerprint density at radius 1 is 1.19 bits per heavy atom. The highest BCUT2D eigenvalue weighted by Gasteiger charge is 2.24. The largest absolute Gasteiger partial charge is 0.491 e. The molecule has 0 aliphatic carbocycles. The van der Waals surface area contributed by atoms with Crippen LogP contribution < -0.4 is 4.74 Å². The number of carbonyl (C=O) groups is 1. The Morgan fingerprint density at radius 3 is 2.42 bits per heavy atom. The number of amides is 1. The molecule has 6 heteroatoms. The number of carbonyl (C=O) groups excluding carboxylic acids is 1. The highest BCUT2D eigenvalue weighted by Crippen LogP contribution is 2.29. The number of hydrogen-bond acceptors (Lipinski definition) is 3. The van der Waals surface area contributed by atoms with Crippen molar-refractivity contribution in [3.8, 4) is 22.9 Å². The smallest absolute Gasteiger partial charge is 0.253 e. The van der Waals surface area contributed by atoms with Gasteiger partial charge in [-0.15, -0.1) is 0 Å². The molecule has 0 spiro atoms. The van der Waals surface area contributed by atoms with Crippen molar-refractivity contribution in [3.63, 3.8) is 0 Å². The van der Waals surface area contributed by atoms with E-state index in [-0.39, 0.29) is 11.8 Å². The maximum atomic E-state index is 13.9. The number of nitriles is 1. The van der Waals surface area contributed by atoms with Crippen LogP contribution in [0.5, 0.6) is 5.75 Å². The number of rotatable bonds is 3. The van der Waals surface area contributed by atoms with Crippen LogP contribution in [0.1, 0.15) is 23.2 Å². The molecule has 4 nitrogen and oxygen atoms in total. The fourth-order valence-electron chi connectivity index (χ4n) is 3.18. The van der Waals surface area contributed by atoms with Gasteiger partial charge in [0.05, 0.1) is 19.1 Å². The van der Waals surface area contributed by atoms with Crippen LogP contribution in [0.4, 0.5) is 8.78 Å². The molecule has 0 saturated carbocycles. The van der Waals surface area contributed by atoms with Crippen LogP contribution in [-0.2, 0) is 0 Å². The van der Waals surface area contributed by atoms with Gasteiger partial charge in [0.1, 0.15) is 0 Å². The lowest BCUT2D eigenvalue weighted by molar-refractivity contribution is 0.0699. The fourth-order valence-corrected chi connectivity index (χ4v) is 3.18. The second-order valence-electron chi connectivity index (χ2n) is 6.27. The Labute approximate surface area is 150 Å². The number of hydrogen-bond donors (Lipinski definition) is 0. The van der Waals surface area contributed by atoms with E-state index in [0.717, 1.165) is 12.8 Å². The first-order valence-corrected chi connectivity index (χ1v) is 8.36. The van der Waals surface area contributed by atoms with Crippen LogP contribution in [0.25, 0.3) is 11.1 Å². The first kappa shape index (κ1) is 17.9. The lowest BCUT2D eigenvalue weighted by Crippen LogP contribution is -2.39. The Balaban J connectivity index is 1.81. The molecular formula is C20H18F2N2O2. The highest BCUT2D eigenvalue weighted by atomic mass is 19.1. The van der Waals surface area contributed by atoms with Gasteiger partial charge in [0, 0.05) is 18.7 Å². The van der Waals surface area contributed by atoms with E-state index < -0.39 is 17.4 Å². The summed E-state index contributed by atoms with van der Waals surface area (Å²) in [5, 5.41) is 9.05. The van der Waals surface area contributed by atoms with Gasteiger partial charge in [-0.2, -0.15) is 5.26 Å². The summed E-state index contributed by atoms with van der Waals surface area (Å²) in [6, 6.07) is 11.2. The number of likely N-dealkylation sites (tertiary alicyclic amines) is 1. The van der Waals surface area contributed by atoms with Gasteiger partial charge in [-0.1, -0.05) is 12.1 Å². The summed E-state index contributed by atoms with van der Waals surface area (Å²) < 4.78 is 32.4. The standard InChI is InChI=1S/C20H18F2N2O2/c1-26-19-17(21)9-16(10-18(19)22)14-4-6-15(7-5-14)20(25)24-8-2-3-13(11-23)12-24/h4-7,9-10,13H,2-3,8,12H2,1H3. The Kier molecular flexibility index (Phi) is 5.17. The fraction of sp³-hybridized carbons (Fsp3) is 0.300. The minimum absolute atomic E-state index is 0.128. The monoisotopic (exact) mass is 356 g/mol. The van der Waals surface area contributed by atoms with E-state index in [1.807, 2.05) is 0 Å². The zero-order chi connectivity index (χ0) is 18.7. The van der Waals surface area contributed by atoms with Crippen molar-refractivity contribution in [1.29, 1.82) is 5.26 Å². The van der Waals surface area contributed by atoms with E-state index in [4.69, 9.17) is 5.26 Å². The maximum Gasteiger partial charge on any atom is 0.253 e. The SMILES string of the molecule is COc1c(F)cc(-c2ccc(C(=O)N3CCCC(C#N)C3)cc2)cc1F. The zero-order valence-electron chi connectivity index (χ0n) is 14.3. The minimum atomic E-state index is -0.779. The zero-order valence-corrected chi connectivity index (χ0v) is 14.3. The first-order chi connectivity index (χ1) is 12.5. The molecule has 1 amide bonds. The molecule has 1 unspecified atom stereocenters. The van der Waals surface area contributed by atoms with Crippen molar-refractivity contribution in [2.75, 3.05) is 20.2 Å². The molecule has 1 aliphatic rings. The first-order valence-electron chi connectivity index (χ1n) is 8.36. The molecule has 1 atom stereocenters. The van der Waals surface area contributed by atoms with Gasteiger partial charge < -0.3 is 9.64 Å². The molecule has 1 heterocycles. The maximum absolute atomic E-state index is 13.9. The van der Waals surface area contributed by atoms with E-state index in [0.29, 0.717) is 29.8 Å². The second-order valence-corrected chi connectivity index (χ2v) is 6.27. The van der Waals surface area contributed by atoms with E-state index in [2.05, 4.69) is 10.8 Å². The third kappa shape index (κ3) is 3.52. The number of halogens is 2. The molecule has 3 rings (SSSR count). The van der Waals surface area contributed by atoms with E-state index in [1.54, 1.807) is 29.2 Å². The van der Waals surface area contributed by atoms with Crippen LogP contribution in [0.15, 0.2) is 36.4 Å². The van der Waals surface area contributed by atoms with Gasteiger partial charge in [0.15, 0.2) is 17.4 Å². The Hall–Kier alpha value is -2.94. The van der Waals surface area contributed by atoms with E-state index in [9.17, 15) is 13.6 Å². The van der Waals surface area contributed by atoms with Gasteiger partial charge in [0.25, 0.3) is 5.91 Å². The number of ether oxygens (including phenoxy) is 1. The predicted octanol–water partition coefficient (Wildman–Crippen LogP) is 4.02. The van der Waals surface area contributed by atoms with Gasteiger partial charge in [-0.3, -0.25) is 4.79 Å². The molecule has 0 bridgehead atoms. The predicted molar refractivity (Wildman–Crippen MR) is 92.6 cm³/mol. The number of piperidine rings is 1. The molecule has 0 N–H and O–H groups in total. The van der Waals surface area contributed by atoms with Crippen molar-refractivity contribution >= 4 is 5.91 Å². The summed E-state index contributed by atoms with van der Waals surface area (Å²) in [7, 11) is 1.21. The topological polar surface area (TPSA) is 53.3 Å². The summed E-state index contributed by atoms with van der Waals surface area (Å²) in [5.74, 6) is -2.24. The molecule has 1 aliphatic heterocycles. The van der Waals surface area contributed by atoms with Crippen molar-refractivity contribution < 1.29 is 18.3 Å². The molecule has 26 heavy (non-hydrogen) atoms. The number of benzene rings is 2. The Morgan fingerprint density at radius 2 is 1.85 bits per heavy atom. The van der Waals surface area contributed by atoms with Crippen LogP contribution in [0, 0.1) is 28.9 Å². The highest BCUT2D eigenvalue weighted by molar-refractivity contribution is 5.94. The quantitative estimate of drug-likeness (QED) is 0.835. The lowest BCUT2D eigenvalue weighted by Gasteiger charge is -2.29. The van der Waals surface area contributed by atoms with E-state index in [1.165, 1.54) is 19.2 Å². The van der Waals surface area contributed by atoms with Gasteiger partial charge in [-0.25, -0.2) is 8.78 Å². The molecule has 1 saturated heterocycles. The third-order valence-electron chi connectivity index (χ3n) is 4.56. The number of methoxy groups -OCH3 is 1. The molecule has 0 aromatic heterocycles. The van der Waals surface area contributed by atoms with Crippen molar-refractivity contribution in [1.82, 2.24) is 4.90 Å². The van der Waals surface area contributed by atoms with Crippen LogP contribution >= 0.6 is 0 Å². The van der Waals surface area contributed by atoms with Gasteiger partial charge in [-0.05, 0) is 48.2 Å². The summed E-state index contributed by atoms with van der Waals surface area (Å²) in [6.07, 6.45) is 1.63. The van der Waals surface area contributed by atoms with Crippen LogP contribution in [-0.4, -0.2) is 31.0 Å². The van der Waals surface area contributed by atoms with Crippen molar-refractivity contribution in [3.05, 3.63) is 53.6 Å². The van der Waals surface area contributed by atoms with Crippen LogP contribution in [0.2, 0.25) is 0 Å². The summed E-state index contributed by atoms with van der Waals surface area (Å²) in [5.41, 5.74) is 1.44. The normalized spacial score (nSPS) is 16.8. The van der Waals surface area contributed by atoms with Crippen molar-refractivity contribution in [2.45, 2.75) is 12.8 Å². The van der Waals surface area contributed by atoms with Gasteiger partial charge in [0.2, 0.25) is 0 Å². The van der Waals surface area contributed by atoms with Gasteiger partial charge >= 0.3 is 0 Å². The molecule has 0 radical (unpaired) electrons. The second kappa shape index (κ2) is 7.52. The minimum Gasteiger partial charge on any atom is -0.491 e. The molecule has 134 valence electrons. The summed E-state index contributed by atoms with van der Waals surface area (Å²) >= 11 is 0. The average Bonchev–Trinajstić information content (AvgIpc) is 2.67. The molecule has 1 fully saturated rings. The Bertz CT molecular complexity index is 836.